The molecule has 2 aromatic rings. The first-order chi connectivity index (χ1) is 12.5. The molecule has 0 radical (unpaired) electrons. The molecule has 7 heteroatoms. The molecule has 0 bridgehead atoms. The third-order valence-corrected chi connectivity index (χ3v) is 4.33. The molecule has 2 aromatic carbocycles. The number of aryl methyl sites for hydroxylation is 1. The first kappa shape index (κ1) is 21.1. The SMILES string of the molecule is Cc1ccc(C(C)C)c(O[C@@H](C)C(=O)Nc2ccc(Cl)c(C(F)(F)F)c2)c1. The first-order valence-electron chi connectivity index (χ1n) is 8.44. The molecule has 0 aliphatic carbocycles. The van der Waals surface area contributed by atoms with Crippen molar-refractivity contribution >= 4 is 23.2 Å². The van der Waals surface area contributed by atoms with Crippen molar-refractivity contribution in [1.29, 1.82) is 0 Å². The van der Waals surface area contributed by atoms with Crippen molar-refractivity contribution in [3.05, 3.63) is 58.1 Å². The van der Waals surface area contributed by atoms with Crippen molar-refractivity contribution in [1.82, 2.24) is 0 Å². The van der Waals surface area contributed by atoms with Gasteiger partial charge < -0.3 is 10.1 Å². The lowest BCUT2D eigenvalue weighted by molar-refractivity contribution is -0.137. The Hall–Kier alpha value is -2.21. The highest BCUT2D eigenvalue weighted by atomic mass is 35.5. The fraction of sp³-hybridized carbons (Fsp3) is 0.350. The van der Waals surface area contributed by atoms with E-state index in [1.54, 1.807) is 6.92 Å². The quantitative estimate of drug-likeness (QED) is 0.650. The van der Waals surface area contributed by atoms with Crippen molar-refractivity contribution in [3.8, 4) is 5.75 Å². The number of alkyl halides is 3. The van der Waals surface area contributed by atoms with Crippen LogP contribution in [0.25, 0.3) is 0 Å². The zero-order valence-corrected chi connectivity index (χ0v) is 16.2. The van der Waals surface area contributed by atoms with E-state index in [0.717, 1.165) is 23.3 Å². The summed E-state index contributed by atoms with van der Waals surface area (Å²) in [5, 5.41) is 2.02. The van der Waals surface area contributed by atoms with Gasteiger partial charge in [-0.3, -0.25) is 4.79 Å². The zero-order chi connectivity index (χ0) is 20.4. The molecule has 146 valence electrons. The Balaban J connectivity index is 2.17. The van der Waals surface area contributed by atoms with E-state index in [1.165, 1.54) is 6.07 Å². The maximum Gasteiger partial charge on any atom is 0.417 e. The second-order valence-electron chi connectivity index (χ2n) is 6.64. The monoisotopic (exact) mass is 399 g/mol. The van der Waals surface area contributed by atoms with Crippen molar-refractivity contribution in [2.45, 2.75) is 45.9 Å². The van der Waals surface area contributed by atoms with Crippen molar-refractivity contribution in [3.63, 3.8) is 0 Å². The first-order valence-corrected chi connectivity index (χ1v) is 8.81. The summed E-state index contributed by atoms with van der Waals surface area (Å²) in [5.74, 6) is 0.225. The fourth-order valence-electron chi connectivity index (χ4n) is 2.53. The van der Waals surface area contributed by atoms with Crippen LogP contribution in [-0.4, -0.2) is 12.0 Å². The maximum atomic E-state index is 12.9. The smallest absolute Gasteiger partial charge is 0.417 e. The summed E-state index contributed by atoms with van der Waals surface area (Å²) in [6, 6.07) is 8.95. The number of ether oxygens (including phenoxy) is 1. The second-order valence-corrected chi connectivity index (χ2v) is 7.04. The van der Waals surface area contributed by atoms with Gasteiger partial charge in [0.15, 0.2) is 6.10 Å². The molecular formula is C20H21ClF3NO2. The van der Waals surface area contributed by atoms with Crippen LogP contribution in [-0.2, 0) is 11.0 Å². The van der Waals surface area contributed by atoms with Gasteiger partial charge in [0.2, 0.25) is 0 Å². The number of carbonyl (C=O) groups is 1. The number of hydrogen-bond acceptors (Lipinski definition) is 2. The van der Waals surface area contributed by atoms with Crippen LogP contribution < -0.4 is 10.1 Å². The Morgan fingerprint density at radius 2 is 1.78 bits per heavy atom. The lowest BCUT2D eigenvalue weighted by Gasteiger charge is -2.19. The van der Waals surface area contributed by atoms with E-state index < -0.39 is 28.8 Å². The predicted molar refractivity (Wildman–Crippen MR) is 100 cm³/mol. The van der Waals surface area contributed by atoms with Gasteiger partial charge in [-0.2, -0.15) is 13.2 Å². The molecular weight excluding hydrogens is 379 g/mol. The molecule has 0 spiro atoms. The number of benzene rings is 2. The second kappa shape index (κ2) is 8.21. The number of carbonyl (C=O) groups excluding carboxylic acids is 1. The van der Waals surface area contributed by atoms with Crippen LogP contribution in [0.4, 0.5) is 18.9 Å². The Morgan fingerprint density at radius 3 is 2.37 bits per heavy atom. The Bertz CT molecular complexity index is 834. The van der Waals surface area contributed by atoms with Gasteiger partial charge in [0, 0.05) is 5.69 Å². The van der Waals surface area contributed by atoms with Gasteiger partial charge in [-0.05, 0) is 55.2 Å². The summed E-state index contributed by atoms with van der Waals surface area (Å²) < 4.78 is 44.6. The van der Waals surface area contributed by atoms with E-state index >= 15 is 0 Å². The largest absolute Gasteiger partial charge is 0.481 e. The van der Waals surface area contributed by atoms with E-state index in [2.05, 4.69) is 5.32 Å². The number of rotatable bonds is 5. The third kappa shape index (κ3) is 5.39. The molecule has 0 unspecified atom stereocenters. The molecule has 0 aromatic heterocycles. The van der Waals surface area contributed by atoms with E-state index in [1.807, 2.05) is 39.0 Å². The molecule has 2 rings (SSSR count). The molecule has 1 amide bonds. The van der Waals surface area contributed by atoms with Gasteiger partial charge in [-0.25, -0.2) is 0 Å². The summed E-state index contributed by atoms with van der Waals surface area (Å²) in [4.78, 5) is 12.4. The lowest BCUT2D eigenvalue weighted by atomic mass is 10.0. The third-order valence-electron chi connectivity index (χ3n) is 4.00. The molecule has 3 nitrogen and oxygen atoms in total. The molecule has 0 aliphatic heterocycles. The van der Waals surface area contributed by atoms with E-state index in [4.69, 9.17) is 16.3 Å². The standard InChI is InChI=1S/C20H21ClF3NO2/c1-11(2)15-7-5-12(3)9-18(15)27-13(4)19(26)25-14-6-8-17(21)16(10-14)20(22,23)24/h5-11,13H,1-4H3,(H,25,26)/t13-/m0/s1. The van der Waals surface area contributed by atoms with Crippen LogP contribution in [0.3, 0.4) is 0 Å². The van der Waals surface area contributed by atoms with Crippen LogP contribution in [0.2, 0.25) is 5.02 Å². The number of anilines is 1. The van der Waals surface area contributed by atoms with Crippen molar-refractivity contribution < 1.29 is 22.7 Å². The van der Waals surface area contributed by atoms with Gasteiger partial charge in [0.1, 0.15) is 5.75 Å². The van der Waals surface area contributed by atoms with Crippen LogP contribution >= 0.6 is 11.6 Å². The number of hydrogen-bond donors (Lipinski definition) is 1. The molecule has 1 atom stereocenters. The minimum atomic E-state index is -4.60. The summed E-state index contributed by atoms with van der Waals surface area (Å²) in [5.41, 5.74) is 0.928. The number of halogens is 4. The highest BCUT2D eigenvalue weighted by molar-refractivity contribution is 6.31. The van der Waals surface area contributed by atoms with Gasteiger partial charge in [-0.15, -0.1) is 0 Å². The van der Waals surface area contributed by atoms with Crippen LogP contribution in [0.5, 0.6) is 5.75 Å². The summed E-state index contributed by atoms with van der Waals surface area (Å²) in [6.07, 6.45) is -5.50. The topological polar surface area (TPSA) is 38.3 Å². The van der Waals surface area contributed by atoms with Crippen LogP contribution in [0.15, 0.2) is 36.4 Å². The normalized spacial score (nSPS) is 12.8. The van der Waals surface area contributed by atoms with Crippen LogP contribution in [0, 0.1) is 6.92 Å². The van der Waals surface area contributed by atoms with Gasteiger partial charge >= 0.3 is 6.18 Å². The van der Waals surface area contributed by atoms with Crippen molar-refractivity contribution in [2.75, 3.05) is 5.32 Å². The molecule has 0 fully saturated rings. The molecule has 0 saturated carbocycles. The minimum Gasteiger partial charge on any atom is -0.481 e. The van der Waals surface area contributed by atoms with E-state index in [0.29, 0.717) is 5.75 Å². The minimum absolute atomic E-state index is 0.000463. The van der Waals surface area contributed by atoms with Crippen LogP contribution in [0.1, 0.15) is 43.4 Å². The summed E-state index contributed by atoms with van der Waals surface area (Å²) in [7, 11) is 0. The Kier molecular flexibility index (Phi) is 6.42. The van der Waals surface area contributed by atoms with Gasteiger partial charge in [0.05, 0.1) is 10.6 Å². The highest BCUT2D eigenvalue weighted by Gasteiger charge is 2.33. The van der Waals surface area contributed by atoms with E-state index in [-0.39, 0.29) is 11.6 Å². The maximum absolute atomic E-state index is 12.9. The number of nitrogens with one attached hydrogen (secondary N) is 1. The van der Waals surface area contributed by atoms with Gasteiger partial charge in [-0.1, -0.05) is 37.6 Å². The predicted octanol–water partition coefficient (Wildman–Crippen LogP) is 6.20. The average molecular weight is 400 g/mol. The summed E-state index contributed by atoms with van der Waals surface area (Å²) >= 11 is 5.59. The van der Waals surface area contributed by atoms with Crippen molar-refractivity contribution in [2.24, 2.45) is 0 Å². The zero-order valence-electron chi connectivity index (χ0n) is 15.4. The molecule has 0 saturated heterocycles. The molecule has 0 heterocycles. The van der Waals surface area contributed by atoms with E-state index in [9.17, 15) is 18.0 Å². The Labute approximate surface area is 161 Å². The summed E-state index contributed by atoms with van der Waals surface area (Å²) in [6.45, 7) is 7.47. The average Bonchev–Trinajstić information content (AvgIpc) is 2.55. The highest BCUT2D eigenvalue weighted by Crippen LogP contribution is 2.36. The molecule has 1 N–H and O–H groups in total. The lowest BCUT2D eigenvalue weighted by Crippen LogP contribution is -2.30. The fourth-order valence-corrected chi connectivity index (χ4v) is 2.75. The molecule has 27 heavy (non-hydrogen) atoms. The van der Waals surface area contributed by atoms with Gasteiger partial charge in [0.25, 0.3) is 5.91 Å². The molecule has 0 aliphatic rings. The number of amides is 1. The Morgan fingerprint density at radius 1 is 1.11 bits per heavy atom.